The highest BCUT2D eigenvalue weighted by Crippen LogP contribution is 2.23. The minimum absolute atomic E-state index is 0.161. The van der Waals surface area contributed by atoms with Crippen LogP contribution < -0.4 is 0 Å². The summed E-state index contributed by atoms with van der Waals surface area (Å²) in [4.78, 5) is 0. The van der Waals surface area contributed by atoms with E-state index in [-0.39, 0.29) is 20.7 Å². The number of rotatable bonds is 0. The van der Waals surface area contributed by atoms with Crippen molar-refractivity contribution in [2.45, 2.75) is 6.92 Å². The molecular weight excluding hydrogens is 247 g/mol. The Morgan fingerprint density at radius 1 is 1.18 bits per heavy atom. The molecule has 0 bridgehead atoms. The van der Waals surface area contributed by atoms with Crippen molar-refractivity contribution < 1.29 is 0 Å². The molecular formula is C10H9I. The zero-order valence-corrected chi connectivity index (χ0v) is 8.50. The molecule has 0 saturated carbocycles. The van der Waals surface area contributed by atoms with Gasteiger partial charge in [0, 0.05) is 3.57 Å². The lowest BCUT2D eigenvalue weighted by molar-refractivity contribution is 1.57. The quantitative estimate of drug-likeness (QED) is 0.626. The third kappa shape index (κ3) is 1.43. The summed E-state index contributed by atoms with van der Waals surface area (Å²) in [5, 5.41) is 0. The SMILES string of the molecule is CC1=Cc2ccccc2I=C1. The number of hydrogen-bond donors (Lipinski definition) is 0. The third-order valence-corrected chi connectivity index (χ3v) is 4.58. The smallest absolute Gasteiger partial charge is 0.0150 e. The van der Waals surface area contributed by atoms with Gasteiger partial charge < -0.3 is 0 Å². The Labute approximate surface area is 76.7 Å². The first kappa shape index (κ1) is 7.22. The molecule has 2 rings (SSSR count). The highest BCUT2D eigenvalue weighted by molar-refractivity contribution is 14.2. The molecule has 0 aromatic heterocycles. The van der Waals surface area contributed by atoms with Gasteiger partial charge in [-0.2, -0.15) is 0 Å². The summed E-state index contributed by atoms with van der Waals surface area (Å²) in [6, 6.07) is 8.67. The van der Waals surface area contributed by atoms with E-state index in [9.17, 15) is 0 Å². The van der Waals surface area contributed by atoms with Crippen molar-refractivity contribution in [2.75, 3.05) is 0 Å². The van der Waals surface area contributed by atoms with Gasteiger partial charge in [0.1, 0.15) is 0 Å². The number of benzene rings is 1. The van der Waals surface area contributed by atoms with Crippen LogP contribution in [0.4, 0.5) is 0 Å². The van der Waals surface area contributed by atoms with Crippen molar-refractivity contribution in [2.24, 2.45) is 0 Å². The molecule has 0 saturated heterocycles. The Morgan fingerprint density at radius 2 is 2.00 bits per heavy atom. The fraction of sp³-hybridized carbons (Fsp3) is 0.100. The third-order valence-electron chi connectivity index (χ3n) is 1.63. The van der Waals surface area contributed by atoms with Crippen LogP contribution in [0.5, 0.6) is 0 Å². The summed E-state index contributed by atoms with van der Waals surface area (Å²) in [5.41, 5.74) is 2.86. The highest BCUT2D eigenvalue weighted by atomic mass is 127. The summed E-state index contributed by atoms with van der Waals surface area (Å²) >= 11 is 0.161. The molecule has 0 aliphatic carbocycles. The summed E-state index contributed by atoms with van der Waals surface area (Å²) < 4.78 is 3.93. The van der Waals surface area contributed by atoms with Crippen molar-refractivity contribution in [1.29, 1.82) is 0 Å². The normalized spacial score (nSPS) is 14.8. The molecule has 1 aliphatic heterocycles. The predicted molar refractivity (Wildman–Crippen MR) is 58.9 cm³/mol. The summed E-state index contributed by atoms with van der Waals surface area (Å²) in [5.74, 6) is 0. The molecule has 0 amide bonds. The van der Waals surface area contributed by atoms with Crippen LogP contribution in [0.3, 0.4) is 0 Å². The molecule has 56 valence electrons. The van der Waals surface area contributed by atoms with Crippen molar-refractivity contribution in [3.63, 3.8) is 0 Å². The van der Waals surface area contributed by atoms with Crippen LogP contribution in [0.15, 0.2) is 29.8 Å². The first-order valence-corrected chi connectivity index (χ1v) is 5.92. The standard InChI is InChI=1S/C10H9I/c1-8-6-9-4-2-3-5-10(9)11-7-8/h2-7H,1H3. The van der Waals surface area contributed by atoms with E-state index in [4.69, 9.17) is 0 Å². The molecule has 0 nitrogen and oxygen atoms in total. The molecule has 1 aliphatic rings. The number of fused-ring (bicyclic) bond motifs is 1. The zero-order valence-electron chi connectivity index (χ0n) is 6.34. The Balaban J connectivity index is 2.61. The summed E-state index contributed by atoms with van der Waals surface area (Å²) in [6.45, 7) is 2.18. The number of hydrogen-bond acceptors (Lipinski definition) is 0. The van der Waals surface area contributed by atoms with Gasteiger partial charge in [0.25, 0.3) is 0 Å². The monoisotopic (exact) mass is 256 g/mol. The summed E-state index contributed by atoms with van der Waals surface area (Å²) in [6.07, 6.45) is 2.26. The van der Waals surface area contributed by atoms with Crippen LogP contribution in [-0.2, 0) is 0 Å². The van der Waals surface area contributed by atoms with Gasteiger partial charge in [0.15, 0.2) is 0 Å². The second kappa shape index (κ2) is 2.89. The molecule has 1 aromatic carbocycles. The molecule has 1 heteroatoms. The highest BCUT2D eigenvalue weighted by Gasteiger charge is 1.99. The van der Waals surface area contributed by atoms with Crippen LogP contribution in [0, 0.1) is 3.57 Å². The fourth-order valence-electron chi connectivity index (χ4n) is 1.11. The minimum Gasteiger partial charge on any atom is -0.0847 e. The van der Waals surface area contributed by atoms with Gasteiger partial charge in [0.05, 0.1) is 0 Å². The summed E-state index contributed by atoms with van der Waals surface area (Å²) in [7, 11) is 0. The van der Waals surface area contributed by atoms with Crippen molar-refractivity contribution in [1.82, 2.24) is 0 Å². The number of halogens is 1. The van der Waals surface area contributed by atoms with E-state index in [2.05, 4.69) is 41.3 Å². The van der Waals surface area contributed by atoms with Crippen LogP contribution in [0.2, 0.25) is 0 Å². The first-order chi connectivity index (χ1) is 5.36. The minimum atomic E-state index is 0.161. The molecule has 0 fully saturated rings. The maximum Gasteiger partial charge on any atom is 0.0150 e. The predicted octanol–water partition coefficient (Wildman–Crippen LogP) is 3.05. The Bertz CT molecular complexity index is 334. The van der Waals surface area contributed by atoms with Crippen molar-refractivity contribution in [3.8, 4) is 0 Å². The molecule has 0 spiro atoms. The maximum atomic E-state index is 2.38. The van der Waals surface area contributed by atoms with Crippen molar-refractivity contribution >= 4 is 30.8 Å². The second-order valence-electron chi connectivity index (χ2n) is 2.63. The Kier molecular flexibility index (Phi) is 1.90. The molecule has 0 radical (unpaired) electrons. The van der Waals surface area contributed by atoms with E-state index in [1.54, 1.807) is 3.57 Å². The van der Waals surface area contributed by atoms with E-state index >= 15 is 0 Å². The van der Waals surface area contributed by atoms with Crippen LogP contribution >= 0.6 is 20.7 Å². The van der Waals surface area contributed by atoms with Gasteiger partial charge >= 0.3 is 0 Å². The zero-order chi connectivity index (χ0) is 7.68. The van der Waals surface area contributed by atoms with Gasteiger partial charge in [-0.1, -0.05) is 45.0 Å². The largest absolute Gasteiger partial charge is 0.0847 e. The Hall–Kier alpha value is -0.440. The van der Waals surface area contributed by atoms with Gasteiger partial charge in [-0.15, -0.1) is 0 Å². The number of allylic oxidation sites excluding steroid dienone is 1. The average molecular weight is 256 g/mol. The maximum absolute atomic E-state index is 2.38. The van der Waals surface area contributed by atoms with Gasteiger partial charge in [-0.3, -0.25) is 0 Å². The van der Waals surface area contributed by atoms with Crippen LogP contribution in [0.25, 0.3) is 6.08 Å². The Morgan fingerprint density at radius 3 is 2.91 bits per heavy atom. The van der Waals surface area contributed by atoms with Gasteiger partial charge in [0.2, 0.25) is 0 Å². The van der Waals surface area contributed by atoms with Crippen LogP contribution in [0.1, 0.15) is 12.5 Å². The molecule has 0 unspecified atom stereocenters. The first-order valence-electron chi connectivity index (χ1n) is 3.60. The molecule has 11 heavy (non-hydrogen) atoms. The molecule has 0 N–H and O–H groups in total. The van der Waals surface area contributed by atoms with Crippen molar-refractivity contribution in [3.05, 3.63) is 39.0 Å². The molecule has 1 heterocycles. The van der Waals surface area contributed by atoms with Gasteiger partial charge in [-0.05, 0) is 28.1 Å². The van der Waals surface area contributed by atoms with E-state index in [1.807, 2.05) is 0 Å². The fourth-order valence-corrected chi connectivity index (χ4v) is 3.23. The van der Waals surface area contributed by atoms with Crippen LogP contribution in [-0.4, -0.2) is 4.01 Å². The lowest BCUT2D eigenvalue weighted by Gasteiger charge is -2.05. The molecule has 0 atom stereocenters. The van der Waals surface area contributed by atoms with E-state index in [1.165, 1.54) is 11.1 Å². The van der Waals surface area contributed by atoms with E-state index in [0.29, 0.717) is 0 Å². The van der Waals surface area contributed by atoms with E-state index < -0.39 is 0 Å². The average Bonchev–Trinajstić information content (AvgIpc) is 2.04. The van der Waals surface area contributed by atoms with Gasteiger partial charge in [-0.25, -0.2) is 0 Å². The lowest BCUT2D eigenvalue weighted by Crippen LogP contribution is -1.87. The second-order valence-corrected chi connectivity index (χ2v) is 5.04. The van der Waals surface area contributed by atoms with E-state index in [0.717, 1.165) is 0 Å². The lowest BCUT2D eigenvalue weighted by atomic mass is 10.1. The molecule has 1 aromatic rings. The topological polar surface area (TPSA) is 0 Å².